The Bertz CT molecular complexity index is 836. The molecule has 1 N–H and O–H groups in total. The smallest absolute Gasteiger partial charge is 0.277 e. The van der Waals surface area contributed by atoms with E-state index in [1.807, 2.05) is 30.3 Å². The van der Waals surface area contributed by atoms with E-state index in [1.165, 1.54) is 0 Å². The SMILES string of the molecule is C[C@H](Sc1nnc(Cc2ccccc2)o1)C(=O)N[C@@H]1CCS(=O)(=O)C1. The van der Waals surface area contributed by atoms with Crippen LogP contribution in [0.4, 0.5) is 0 Å². The molecule has 7 nitrogen and oxygen atoms in total. The van der Waals surface area contributed by atoms with Gasteiger partial charge in [0.15, 0.2) is 9.84 Å². The maximum absolute atomic E-state index is 12.2. The number of carbonyl (C=O) groups is 1. The van der Waals surface area contributed by atoms with Crippen LogP contribution in [0.1, 0.15) is 24.8 Å². The fourth-order valence-corrected chi connectivity index (χ4v) is 4.94. The van der Waals surface area contributed by atoms with Crippen LogP contribution in [0.25, 0.3) is 0 Å². The minimum absolute atomic E-state index is 0.0118. The summed E-state index contributed by atoms with van der Waals surface area (Å²) in [5, 5.41) is 10.6. The molecule has 2 aromatic rings. The van der Waals surface area contributed by atoms with Gasteiger partial charge in [0, 0.05) is 6.04 Å². The number of rotatable bonds is 6. The first-order chi connectivity index (χ1) is 11.9. The van der Waals surface area contributed by atoms with Crippen molar-refractivity contribution in [2.75, 3.05) is 11.5 Å². The summed E-state index contributed by atoms with van der Waals surface area (Å²) in [6, 6.07) is 9.46. The highest BCUT2D eigenvalue weighted by molar-refractivity contribution is 8.00. The van der Waals surface area contributed by atoms with Crippen molar-refractivity contribution in [3.8, 4) is 0 Å². The van der Waals surface area contributed by atoms with E-state index in [4.69, 9.17) is 4.42 Å². The van der Waals surface area contributed by atoms with Crippen molar-refractivity contribution in [2.24, 2.45) is 0 Å². The molecule has 1 fully saturated rings. The lowest BCUT2D eigenvalue weighted by Gasteiger charge is -2.14. The third-order valence-corrected chi connectivity index (χ3v) is 6.57. The quantitative estimate of drug-likeness (QED) is 0.756. The van der Waals surface area contributed by atoms with Crippen LogP contribution in [-0.2, 0) is 21.1 Å². The Hall–Kier alpha value is -1.87. The van der Waals surface area contributed by atoms with Gasteiger partial charge in [0.05, 0.1) is 23.2 Å². The van der Waals surface area contributed by atoms with Crippen molar-refractivity contribution in [3.05, 3.63) is 41.8 Å². The molecule has 1 aliphatic rings. The van der Waals surface area contributed by atoms with Gasteiger partial charge in [-0.05, 0) is 18.9 Å². The summed E-state index contributed by atoms with van der Waals surface area (Å²) in [7, 11) is -3.01. The number of hydrogen-bond acceptors (Lipinski definition) is 7. The zero-order valence-corrected chi connectivity index (χ0v) is 15.3. The normalized spacial score (nSPS) is 20.3. The molecule has 0 radical (unpaired) electrons. The van der Waals surface area contributed by atoms with Gasteiger partial charge in [-0.15, -0.1) is 10.2 Å². The van der Waals surface area contributed by atoms with Gasteiger partial charge in [-0.2, -0.15) is 0 Å². The van der Waals surface area contributed by atoms with Crippen LogP contribution in [0.15, 0.2) is 40.0 Å². The van der Waals surface area contributed by atoms with Gasteiger partial charge >= 0.3 is 0 Å². The van der Waals surface area contributed by atoms with Crippen molar-refractivity contribution in [3.63, 3.8) is 0 Å². The monoisotopic (exact) mass is 381 g/mol. The van der Waals surface area contributed by atoms with Crippen LogP contribution >= 0.6 is 11.8 Å². The Morgan fingerprint density at radius 1 is 1.36 bits per heavy atom. The topological polar surface area (TPSA) is 102 Å². The molecule has 0 bridgehead atoms. The van der Waals surface area contributed by atoms with Crippen LogP contribution in [0.2, 0.25) is 0 Å². The lowest BCUT2D eigenvalue weighted by Crippen LogP contribution is -2.39. The molecule has 134 valence electrons. The molecule has 1 aromatic heterocycles. The molecule has 0 unspecified atom stereocenters. The largest absolute Gasteiger partial charge is 0.416 e. The molecule has 3 rings (SSSR count). The number of nitrogens with zero attached hydrogens (tertiary/aromatic N) is 2. The fraction of sp³-hybridized carbons (Fsp3) is 0.438. The second kappa shape index (κ2) is 7.57. The van der Waals surface area contributed by atoms with Crippen LogP contribution in [-0.4, -0.2) is 47.3 Å². The number of sulfone groups is 1. The van der Waals surface area contributed by atoms with Crippen LogP contribution in [0, 0.1) is 0 Å². The molecule has 0 saturated carbocycles. The maximum atomic E-state index is 12.2. The number of carbonyl (C=O) groups excluding carboxylic acids is 1. The molecule has 0 spiro atoms. The van der Waals surface area contributed by atoms with E-state index in [9.17, 15) is 13.2 Å². The fourth-order valence-electron chi connectivity index (χ4n) is 2.56. The average molecular weight is 381 g/mol. The van der Waals surface area contributed by atoms with E-state index in [2.05, 4.69) is 15.5 Å². The Morgan fingerprint density at radius 3 is 2.80 bits per heavy atom. The van der Waals surface area contributed by atoms with E-state index >= 15 is 0 Å². The Kier molecular flexibility index (Phi) is 5.43. The van der Waals surface area contributed by atoms with Gasteiger partial charge < -0.3 is 9.73 Å². The summed E-state index contributed by atoms with van der Waals surface area (Å²) in [5.74, 6) is 0.405. The molecule has 25 heavy (non-hydrogen) atoms. The van der Waals surface area contributed by atoms with Gasteiger partial charge in [0.2, 0.25) is 11.8 Å². The van der Waals surface area contributed by atoms with Crippen molar-refractivity contribution < 1.29 is 17.6 Å². The van der Waals surface area contributed by atoms with E-state index in [1.54, 1.807) is 6.92 Å². The van der Waals surface area contributed by atoms with Crippen LogP contribution in [0.5, 0.6) is 0 Å². The molecule has 2 atom stereocenters. The second-order valence-electron chi connectivity index (χ2n) is 5.99. The van der Waals surface area contributed by atoms with Crippen molar-refractivity contribution >= 4 is 27.5 Å². The second-order valence-corrected chi connectivity index (χ2v) is 9.51. The third kappa shape index (κ3) is 5.05. The number of hydrogen-bond donors (Lipinski definition) is 1. The van der Waals surface area contributed by atoms with Gasteiger partial charge in [0.25, 0.3) is 5.22 Å². The predicted molar refractivity (Wildman–Crippen MR) is 94.1 cm³/mol. The minimum atomic E-state index is -3.01. The van der Waals surface area contributed by atoms with Crippen molar-refractivity contribution in [2.45, 2.75) is 36.3 Å². The molecular formula is C16H19N3O4S2. The number of benzene rings is 1. The first-order valence-electron chi connectivity index (χ1n) is 7.95. The van der Waals surface area contributed by atoms with Crippen LogP contribution < -0.4 is 5.32 Å². The molecule has 1 amide bonds. The lowest BCUT2D eigenvalue weighted by atomic mass is 10.2. The molecule has 9 heteroatoms. The third-order valence-electron chi connectivity index (χ3n) is 3.87. The highest BCUT2D eigenvalue weighted by Crippen LogP contribution is 2.23. The van der Waals surface area contributed by atoms with Gasteiger partial charge in [0.1, 0.15) is 0 Å². The number of nitrogens with one attached hydrogen (secondary N) is 1. The zero-order valence-electron chi connectivity index (χ0n) is 13.7. The summed E-state index contributed by atoms with van der Waals surface area (Å²) in [4.78, 5) is 12.2. The first kappa shape index (κ1) is 17.9. The number of aromatic nitrogens is 2. The molecular weight excluding hydrogens is 362 g/mol. The zero-order chi connectivity index (χ0) is 17.9. The van der Waals surface area contributed by atoms with Gasteiger partial charge in [-0.25, -0.2) is 8.42 Å². The van der Waals surface area contributed by atoms with E-state index in [0.717, 1.165) is 17.3 Å². The molecule has 1 aromatic carbocycles. The summed E-state index contributed by atoms with van der Waals surface area (Å²) in [6.07, 6.45) is 1.00. The number of thioether (sulfide) groups is 1. The lowest BCUT2D eigenvalue weighted by molar-refractivity contribution is -0.120. The predicted octanol–water partition coefficient (Wildman–Crippen LogP) is 1.44. The van der Waals surface area contributed by atoms with Crippen LogP contribution in [0.3, 0.4) is 0 Å². The molecule has 2 heterocycles. The van der Waals surface area contributed by atoms with Gasteiger partial charge in [-0.3, -0.25) is 4.79 Å². The maximum Gasteiger partial charge on any atom is 0.277 e. The van der Waals surface area contributed by atoms with E-state index < -0.39 is 15.1 Å². The highest BCUT2D eigenvalue weighted by Gasteiger charge is 2.30. The molecule has 1 saturated heterocycles. The average Bonchev–Trinajstić information content (AvgIpc) is 3.14. The molecule has 0 aliphatic carbocycles. The summed E-state index contributed by atoms with van der Waals surface area (Å²) in [5.41, 5.74) is 1.07. The van der Waals surface area contributed by atoms with Gasteiger partial charge in [-0.1, -0.05) is 42.1 Å². The Morgan fingerprint density at radius 2 is 2.12 bits per heavy atom. The summed E-state index contributed by atoms with van der Waals surface area (Å²) in [6.45, 7) is 1.73. The standard InChI is InChI=1S/C16H19N3O4S2/c1-11(15(20)17-13-7-8-25(21,22)10-13)24-16-19-18-14(23-16)9-12-5-3-2-4-6-12/h2-6,11,13H,7-10H2,1H3,(H,17,20)/t11-,13+/m0/s1. The Labute approximate surface area is 150 Å². The minimum Gasteiger partial charge on any atom is -0.416 e. The van der Waals surface area contributed by atoms with Crippen molar-refractivity contribution in [1.82, 2.24) is 15.5 Å². The Balaban J connectivity index is 1.52. The van der Waals surface area contributed by atoms with Crippen molar-refractivity contribution in [1.29, 1.82) is 0 Å². The van der Waals surface area contributed by atoms with E-state index in [0.29, 0.717) is 24.0 Å². The number of amides is 1. The molecule has 1 aliphatic heterocycles. The first-order valence-corrected chi connectivity index (χ1v) is 10.7. The highest BCUT2D eigenvalue weighted by atomic mass is 32.2. The summed E-state index contributed by atoms with van der Waals surface area (Å²) < 4.78 is 28.5. The van der Waals surface area contributed by atoms with E-state index in [-0.39, 0.29) is 23.5 Å². The summed E-state index contributed by atoms with van der Waals surface area (Å²) >= 11 is 1.16.